The largest absolute Gasteiger partial charge is 0.374 e. The summed E-state index contributed by atoms with van der Waals surface area (Å²) in [7, 11) is 0. The number of carbonyl (C=O) groups is 1. The van der Waals surface area contributed by atoms with Gasteiger partial charge in [-0.05, 0) is 25.9 Å². The van der Waals surface area contributed by atoms with Gasteiger partial charge in [-0.3, -0.25) is 9.69 Å². The summed E-state index contributed by atoms with van der Waals surface area (Å²) in [5.41, 5.74) is 0. The summed E-state index contributed by atoms with van der Waals surface area (Å²) in [5, 5.41) is 6.19. The highest BCUT2D eigenvalue weighted by Crippen LogP contribution is 2.06. The van der Waals surface area contributed by atoms with E-state index >= 15 is 0 Å². The molecule has 2 aliphatic heterocycles. The second kappa shape index (κ2) is 6.33. The van der Waals surface area contributed by atoms with Gasteiger partial charge in [0, 0.05) is 19.6 Å². The van der Waals surface area contributed by atoms with Crippen molar-refractivity contribution in [1.29, 1.82) is 0 Å². The molecule has 5 nitrogen and oxygen atoms in total. The van der Waals surface area contributed by atoms with Gasteiger partial charge in [0.2, 0.25) is 5.91 Å². The van der Waals surface area contributed by atoms with Crippen LogP contribution in [-0.4, -0.2) is 62.3 Å². The van der Waals surface area contributed by atoms with Gasteiger partial charge in [0.1, 0.15) is 0 Å². The molecule has 0 aliphatic carbocycles. The number of nitrogens with one attached hydrogen (secondary N) is 2. The van der Waals surface area contributed by atoms with Crippen molar-refractivity contribution in [1.82, 2.24) is 15.5 Å². The van der Waals surface area contributed by atoms with Gasteiger partial charge in [-0.1, -0.05) is 6.92 Å². The van der Waals surface area contributed by atoms with Crippen LogP contribution in [0.25, 0.3) is 0 Å². The van der Waals surface area contributed by atoms with Crippen LogP contribution >= 0.6 is 0 Å². The molecule has 2 saturated heterocycles. The highest BCUT2D eigenvalue weighted by Gasteiger charge is 2.24. The first kappa shape index (κ1) is 12.8. The maximum atomic E-state index is 11.8. The van der Waals surface area contributed by atoms with Crippen LogP contribution in [0.4, 0.5) is 0 Å². The number of hydrogen-bond donors (Lipinski definition) is 2. The molecule has 2 heterocycles. The van der Waals surface area contributed by atoms with Crippen LogP contribution in [0, 0.1) is 0 Å². The topological polar surface area (TPSA) is 53.6 Å². The van der Waals surface area contributed by atoms with E-state index in [1.807, 2.05) is 0 Å². The smallest absolute Gasteiger partial charge is 0.237 e. The minimum Gasteiger partial charge on any atom is -0.374 e. The molecule has 2 fully saturated rings. The molecule has 17 heavy (non-hydrogen) atoms. The number of morpholine rings is 1. The van der Waals surface area contributed by atoms with Crippen LogP contribution in [0.3, 0.4) is 0 Å². The Bertz CT molecular complexity index is 254. The Hall–Kier alpha value is -0.650. The Labute approximate surface area is 103 Å². The Morgan fingerprint density at radius 3 is 3.18 bits per heavy atom. The maximum absolute atomic E-state index is 11.8. The standard InChI is InChI=1S/C12H23N3O2/c1-2-15-6-7-17-10(9-15)8-14-12(16)11-4-3-5-13-11/h10-11,13H,2-9H2,1H3,(H,14,16). The fraction of sp³-hybridized carbons (Fsp3) is 0.917. The molecular weight excluding hydrogens is 218 g/mol. The van der Waals surface area contributed by atoms with E-state index in [-0.39, 0.29) is 18.1 Å². The first-order valence-electron chi connectivity index (χ1n) is 6.64. The first-order chi connectivity index (χ1) is 8.29. The zero-order valence-corrected chi connectivity index (χ0v) is 10.6. The molecular formula is C12H23N3O2. The molecule has 1 amide bonds. The number of hydrogen-bond acceptors (Lipinski definition) is 4. The van der Waals surface area contributed by atoms with Gasteiger partial charge in [-0.15, -0.1) is 0 Å². The number of ether oxygens (including phenoxy) is 1. The molecule has 2 N–H and O–H groups in total. The summed E-state index contributed by atoms with van der Waals surface area (Å²) in [6.45, 7) is 7.51. The van der Waals surface area contributed by atoms with Crippen molar-refractivity contribution in [2.75, 3.05) is 39.3 Å². The monoisotopic (exact) mass is 241 g/mol. The molecule has 0 aromatic rings. The van der Waals surface area contributed by atoms with Crippen LogP contribution in [0.1, 0.15) is 19.8 Å². The van der Waals surface area contributed by atoms with Crippen molar-refractivity contribution >= 4 is 5.91 Å². The van der Waals surface area contributed by atoms with Crippen LogP contribution in [0.15, 0.2) is 0 Å². The fourth-order valence-electron chi connectivity index (χ4n) is 2.44. The van der Waals surface area contributed by atoms with Crippen LogP contribution < -0.4 is 10.6 Å². The third-order valence-corrected chi connectivity index (χ3v) is 3.55. The van der Waals surface area contributed by atoms with Crippen molar-refractivity contribution in [2.24, 2.45) is 0 Å². The van der Waals surface area contributed by atoms with E-state index in [4.69, 9.17) is 4.74 Å². The molecule has 0 radical (unpaired) electrons. The molecule has 0 saturated carbocycles. The van der Waals surface area contributed by atoms with Crippen molar-refractivity contribution in [3.63, 3.8) is 0 Å². The van der Waals surface area contributed by atoms with Gasteiger partial charge in [-0.2, -0.15) is 0 Å². The molecule has 0 spiro atoms. The normalized spacial score (nSPS) is 30.4. The van der Waals surface area contributed by atoms with Crippen LogP contribution in [0.2, 0.25) is 0 Å². The molecule has 0 aromatic heterocycles. The number of rotatable bonds is 4. The lowest BCUT2D eigenvalue weighted by Gasteiger charge is -2.32. The van der Waals surface area contributed by atoms with E-state index in [1.54, 1.807) is 0 Å². The van der Waals surface area contributed by atoms with Crippen molar-refractivity contribution < 1.29 is 9.53 Å². The van der Waals surface area contributed by atoms with Crippen molar-refractivity contribution in [3.8, 4) is 0 Å². The van der Waals surface area contributed by atoms with E-state index in [9.17, 15) is 4.79 Å². The molecule has 98 valence electrons. The predicted octanol–water partition coefficient (Wildman–Crippen LogP) is -0.425. The van der Waals surface area contributed by atoms with Gasteiger partial charge in [0.25, 0.3) is 0 Å². The molecule has 2 atom stereocenters. The molecule has 2 rings (SSSR count). The summed E-state index contributed by atoms with van der Waals surface area (Å²) in [5.74, 6) is 0.125. The second-order valence-corrected chi connectivity index (χ2v) is 4.78. The Kier molecular flexibility index (Phi) is 4.76. The summed E-state index contributed by atoms with van der Waals surface area (Å²) < 4.78 is 5.65. The van der Waals surface area contributed by atoms with Gasteiger partial charge < -0.3 is 15.4 Å². The van der Waals surface area contributed by atoms with Gasteiger partial charge in [0.05, 0.1) is 18.8 Å². The van der Waals surface area contributed by atoms with Gasteiger partial charge >= 0.3 is 0 Å². The van der Waals surface area contributed by atoms with Crippen molar-refractivity contribution in [2.45, 2.75) is 31.9 Å². The predicted molar refractivity (Wildman–Crippen MR) is 65.9 cm³/mol. The average molecular weight is 241 g/mol. The zero-order valence-electron chi connectivity index (χ0n) is 10.6. The van der Waals surface area contributed by atoms with Crippen LogP contribution in [-0.2, 0) is 9.53 Å². The van der Waals surface area contributed by atoms with E-state index in [2.05, 4.69) is 22.5 Å². The minimum atomic E-state index is 0.0147. The zero-order chi connectivity index (χ0) is 12.1. The van der Waals surface area contributed by atoms with E-state index in [1.165, 1.54) is 0 Å². The van der Waals surface area contributed by atoms with Crippen LogP contribution in [0.5, 0.6) is 0 Å². The number of likely N-dealkylation sites (N-methyl/N-ethyl adjacent to an activating group) is 1. The van der Waals surface area contributed by atoms with E-state index in [0.29, 0.717) is 6.54 Å². The second-order valence-electron chi connectivity index (χ2n) is 4.78. The molecule has 5 heteroatoms. The lowest BCUT2D eigenvalue weighted by molar-refractivity contribution is -0.124. The summed E-state index contributed by atoms with van der Waals surface area (Å²) >= 11 is 0. The minimum absolute atomic E-state index is 0.0147. The van der Waals surface area contributed by atoms with Crippen molar-refractivity contribution in [3.05, 3.63) is 0 Å². The number of nitrogens with zero attached hydrogens (tertiary/aromatic N) is 1. The maximum Gasteiger partial charge on any atom is 0.237 e. The Morgan fingerprint density at radius 1 is 1.59 bits per heavy atom. The first-order valence-corrected chi connectivity index (χ1v) is 6.64. The lowest BCUT2D eigenvalue weighted by atomic mass is 10.2. The molecule has 0 aromatic carbocycles. The quantitative estimate of drug-likeness (QED) is 0.701. The average Bonchev–Trinajstić information content (AvgIpc) is 2.90. The molecule has 2 aliphatic rings. The third kappa shape index (κ3) is 3.66. The SMILES string of the molecule is CCN1CCOC(CNC(=O)C2CCCN2)C1. The van der Waals surface area contributed by atoms with Gasteiger partial charge in [0.15, 0.2) is 0 Å². The highest BCUT2D eigenvalue weighted by atomic mass is 16.5. The molecule has 0 bridgehead atoms. The number of amides is 1. The number of carbonyl (C=O) groups excluding carboxylic acids is 1. The van der Waals surface area contributed by atoms with E-state index in [0.717, 1.165) is 45.6 Å². The Balaban J connectivity index is 1.68. The molecule has 2 unspecified atom stereocenters. The van der Waals surface area contributed by atoms with E-state index < -0.39 is 0 Å². The summed E-state index contributed by atoms with van der Waals surface area (Å²) in [4.78, 5) is 14.2. The third-order valence-electron chi connectivity index (χ3n) is 3.55. The van der Waals surface area contributed by atoms with Gasteiger partial charge in [-0.25, -0.2) is 0 Å². The summed E-state index contributed by atoms with van der Waals surface area (Å²) in [6.07, 6.45) is 2.20. The lowest BCUT2D eigenvalue weighted by Crippen LogP contribution is -2.49. The Morgan fingerprint density at radius 2 is 2.47 bits per heavy atom. The fourth-order valence-corrected chi connectivity index (χ4v) is 2.44. The summed E-state index contributed by atoms with van der Waals surface area (Å²) in [6, 6.07) is 0.0147. The highest BCUT2D eigenvalue weighted by molar-refractivity contribution is 5.82.